The smallest absolute Gasteiger partial charge is 0.209 e. The molecule has 0 atom stereocenters. The van der Waals surface area contributed by atoms with Crippen LogP contribution in [0.25, 0.3) is 10.8 Å². The molecule has 4 heteroatoms. The number of nitrogens with zero attached hydrogens (tertiary/aromatic N) is 2. The fraction of sp³-hybridized carbons (Fsp3) is 0.344. The second-order valence-electron chi connectivity index (χ2n) is 10.8. The topological polar surface area (TPSA) is 6.25 Å². The van der Waals surface area contributed by atoms with Gasteiger partial charge >= 0.3 is 0 Å². The van der Waals surface area contributed by atoms with E-state index in [0.29, 0.717) is 0 Å². The highest BCUT2D eigenvalue weighted by atomic mass is 128. The Morgan fingerprint density at radius 3 is 2.31 bits per heavy atom. The minimum absolute atomic E-state index is 0.00733. The predicted molar refractivity (Wildman–Crippen MR) is 175 cm³/mol. The molecule has 0 radical (unpaired) electrons. The normalized spacial score (nSPS) is 18.6. The number of benzene rings is 3. The number of rotatable bonds is 5. The van der Waals surface area contributed by atoms with Gasteiger partial charge in [0.05, 0.1) is 5.41 Å². The molecule has 0 aliphatic carbocycles. The first kappa shape index (κ1) is 27.4. The molecule has 2 aliphatic rings. The van der Waals surface area contributed by atoms with Crippen LogP contribution in [-0.4, -0.2) is 23.9 Å². The lowest BCUT2D eigenvalue weighted by Gasteiger charge is -2.27. The van der Waals surface area contributed by atoms with Crippen LogP contribution < -0.4 is 4.90 Å². The summed E-state index contributed by atoms with van der Waals surface area (Å²) in [5, 5.41) is 2.70. The summed E-state index contributed by atoms with van der Waals surface area (Å²) in [5.41, 5.74) is 8.20. The highest BCUT2D eigenvalue weighted by Crippen LogP contribution is 2.50. The first-order chi connectivity index (χ1) is 17.3. The van der Waals surface area contributed by atoms with Crippen molar-refractivity contribution < 1.29 is 4.58 Å². The average molecular weight is 703 g/mol. The summed E-state index contributed by atoms with van der Waals surface area (Å²) in [4.78, 5) is 2.57. The molecule has 188 valence electrons. The van der Waals surface area contributed by atoms with Gasteiger partial charge in [0.15, 0.2) is 5.71 Å². The lowest BCUT2D eigenvalue weighted by molar-refractivity contribution is -0.401. The Labute approximate surface area is 240 Å². The number of hydrogen-bond donors (Lipinski definition) is 0. The van der Waals surface area contributed by atoms with Gasteiger partial charge in [0, 0.05) is 78.3 Å². The third kappa shape index (κ3) is 4.57. The van der Waals surface area contributed by atoms with Crippen LogP contribution >= 0.6 is 37.2 Å². The van der Waals surface area contributed by atoms with Crippen molar-refractivity contribution in [3.05, 3.63) is 95.7 Å². The van der Waals surface area contributed by atoms with Crippen molar-refractivity contribution >= 4 is 65.1 Å². The molecule has 0 amide bonds. The van der Waals surface area contributed by atoms with Gasteiger partial charge in [-0.25, -0.2) is 0 Å². The summed E-state index contributed by atoms with van der Waals surface area (Å²) in [6.45, 7) is 12.8. The van der Waals surface area contributed by atoms with Gasteiger partial charge in [-0.15, -0.1) is 0 Å². The van der Waals surface area contributed by atoms with Crippen molar-refractivity contribution in [3.63, 3.8) is 0 Å². The van der Waals surface area contributed by atoms with E-state index >= 15 is 0 Å². The zero-order valence-electron chi connectivity index (χ0n) is 22.3. The molecule has 0 fully saturated rings. The molecular formula is C32H37I2N2+. The third-order valence-electron chi connectivity index (χ3n) is 7.94. The summed E-state index contributed by atoms with van der Waals surface area (Å²) in [5.74, 6) is 0. The highest BCUT2D eigenvalue weighted by Gasteiger charge is 2.43. The largest absolute Gasteiger partial charge is 0.344 e. The molecule has 36 heavy (non-hydrogen) atoms. The van der Waals surface area contributed by atoms with Crippen molar-refractivity contribution in [3.8, 4) is 0 Å². The number of allylic oxidation sites excluding steroid dienone is 4. The van der Waals surface area contributed by atoms with Crippen molar-refractivity contribution in [2.24, 2.45) is 0 Å². The standard InChI is InChI=1S/C32H37N2.I2/c1-7-8-22-34-27-21-20-23-14-9-10-15-24(23)30(27)32(4,5)29(34)19-13-18-28-31(2,3)25-16-11-12-17-26(25)33(28)6;1-2/h9-21H,7-8,22H2,1-6H3;/q+1;. The number of anilines is 1. The molecule has 5 rings (SSSR count). The second-order valence-corrected chi connectivity index (χ2v) is 10.8. The Morgan fingerprint density at radius 2 is 1.58 bits per heavy atom. The van der Waals surface area contributed by atoms with Crippen molar-refractivity contribution in [1.29, 1.82) is 0 Å². The van der Waals surface area contributed by atoms with E-state index in [1.807, 2.05) is 0 Å². The molecule has 2 aliphatic heterocycles. The number of halogens is 2. The quantitative estimate of drug-likeness (QED) is 0.190. The Hall–Kier alpha value is -1.67. The van der Waals surface area contributed by atoms with Crippen molar-refractivity contribution in [2.75, 3.05) is 18.5 Å². The Bertz CT molecular complexity index is 1360. The first-order valence-corrected chi connectivity index (χ1v) is 19.1. The molecular weight excluding hydrogens is 666 g/mol. The molecule has 0 spiro atoms. The monoisotopic (exact) mass is 703 g/mol. The first-order valence-electron chi connectivity index (χ1n) is 12.8. The Kier molecular flexibility index (Phi) is 8.35. The molecule has 0 aromatic heterocycles. The van der Waals surface area contributed by atoms with E-state index in [9.17, 15) is 0 Å². The molecule has 2 nitrogen and oxygen atoms in total. The lowest BCUT2D eigenvalue weighted by Crippen LogP contribution is -2.27. The van der Waals surface area contributed by atoms with E-state index in [-0.39, 0.29) is 10.8 Å². The van der Waals surface area contributed by atoms with Gasteiger partial charge in [-0.3, -0.25) is 0 Å². The van der Waals surface area contributed by atoms with Crippen LogP contribution in [-0.2, 0) is 10.8 Å². The van der Waals surface area contributed by atoms with E-state index in [1.165, 1.54) is 57.5 Å². The van der Waals surface area contributed by atoms with Gasteiger partial charge in [0.25, 0.3) is 0 Å². The van der Waals surface area contributed by atoms with Gasteiger partial charge in [-0.1, -0.05) is 81.8 Å². The molecule has 3 aromatic carbocycles. The minimum atomic E-state index is -0.0565. The summed E-state index contributed by atoms with van der Waals surface area (Å²) in [6.07, 6.45) is 9.35. The molecule has 0 N–H and O–H groups in total. The van der Waals surface area contributed by atoms with E-state index in [1.54, 1.807) is 0 Å². The molecule has 3 aromatic rings. The van der Waals surface area contributed by atoms with Crippen LogP contribution in [0.2, 0.25) is 0 Å². The van der Waals surface area contributed by atoms with Crippen LogP contribution in [0.1, 0.15) is 58.6 Å². The van der Waals surface area contributed by atoms with Gasteiger partial charge in [-0.2, -0.15) is 4.58 Å². The summed E-state index contributed by atoms with van der Waals surface area (Å²) in [7, 11) is 2.19. The van der Waals surface area contributed by atoms with E-state index in [4.69, 9.17) is 0 Å². The van der Waals surface area contributed by atoms with Gasteiger partial charge < -0.3 is 4.90 Å². The van der Waals surface area contributed by atoms with Gasteiger partial charge in [0.2, 0.25) is 5.69 Å². The fourth-order valence-corrected chi connectivity index (χ4v) is 6.12. The van der Waals surface area contributed by atoms with Crippen LogP contribution in [0.5, 0.6) is 0 Å². The zero-order valence-corrected chi connectivity index (χ0v) is 26.6. The fourth-order valence-electron chi connectivity index (χ4n) is 6.12. The van der Waals surface area contributed by atoms with Crippen LogP contribution in [0.3, 0.4) is 0 Å². The SMILES string of the molecule is CCCCN1C(=CC=CC2=[N+](C)c3ccccc3C2(C)C)C(C)(C)c2c1ccc1ccccc21.II. The third-order valence-corrected chi connectivity index (χ3v) is 7.94. The zero-order chi connectivity index (χ0) is 26.1. The maximum Gasteiger partial charge on any atom is 0.209 e. The van der Waals surface area contributed by atoms with Crippen molar-refractivity contribution in [2.45, 2.75) is 58.3 Å². The van der Waals surface area contributed by atoms with E-state index in [0.717, 1.165) is 6.54 Å². The van der Waals surface area contributed by atoms with Crippen molar-refractivity contribution in [1.82, 2.24) is 0 Å². The Morgan fingerprint density at radius 1 is 0.889 bits per heavy atom. The van der Waals surface area contributed by atoms with E-state index in [2.05, 4.69) is 167 Å². The lowest BCUT2D eigenvalue weighted by atomic mass is 9.80. The Balaban J connectivity index is 0.00000148. The predicted octanol–water partition coefficient (Wildman–Crippen LogP) is 9.66. The van der Waals surface area contributed by atoms with Crippen LogP contribution in [0.4, 0.5) is 11.4 Å². The molecule has 0 saturated heterocycles. The highest BCUT2D eigenvalue weighted by molar-refractivity contribution is 15.0. The molecule has 0 saturated carbocycles. The van der Waals surface area contributed by atoms with E-state index < -0.39 is 0 Å². The summed E-state index contributed by atoms with van der Waals surface area (Å²) >= 11 is 4.24. The van der Waals surface area contributed by atoms with Gasteiger partial charge in [-0.05, 0) is 48.7 Å². The molecule has 0 bridgehead atoms. The van der Waals surface area contributed by atoms with Crippen LogP contribution in [0, 0.1) is 0 Å². The maximum atomic E-state index is 2.57. The number of hydrogen-bond acceptors (Lipinski definition) is 1. The number of unbranched alkanes of at least 4 members (excludes halogenated alkanes) is 1. The maximum absolute atomic E-state index is 2.57. The number of para-hydroxylation sites is 1. The molecule has 0 unspecified atom stereocenters. The second kappa shape index (κ2) is 11.0. The summed E-state index contributed by atoms with van der Waals surface area (Å²) in [6, 6.07) is 22.2. The molecule has 2 heterocycles. The summed E-state index contributed by atoms with van der Waals surface area (Å²) < 4.78 is 2.35. The van der Waals surface area contributed by atoms with Crippen LogP contribution in [0.15, 0.2) is 84.6 Å². The average Bonchev–Trinajstić information content (AvgIpc) is 3.23. The number of fused-ring (bicyclic) bond motifs is 4. The van der Waals surface area contributed by atoms with Gasteiger partial charge in [0.1, 0.15) is 7.05 Å². The minimum Gasteiger partial charge on any atom is -0.344 e.